The first-order valence-electron chi connectivity index (χ1n) is 12.2. The maximum atomic E-state index is 12.7. The summed E-state index contributed by atoms with van der Waals surface area (Å²) in [6.45, 7) is 0.735. The summed E-state index contributed by atoms with van der Waals surface area (Å²) in [5.41, 5.74) is 9.82. The molecule has 2 aromatic carbocycles. The summed E-state index contributed by atoms with van der Waals surface area (Å²) in [4.78, 5) is 46.3. The van der Waals surface area contributed by atoms with Gasteiger partial charge in [-0.15, -0.1) is 0 Å². The van der Waals surface area contributed by atoms with Crippen molar-refractivity contribution in [3.05, 3.63) is 89.6 Å². The molecule has 1 saturated heterocycles. The molecule has 3 heterocycles. The van der Waals surface area contributed by atoms with Crippen LogP contribution in [0, 0.1) is 0 Å². The van der Waals surface area contributed by atoms with Crippen molar-refractivity contribution in [2.45, 2.75) is 25.7 Å². The fourth-order valence-electron chi connectivity index (χ4n) is 4.53. The molecule has 5 rings (SSSR count). The summed E-state index contributed by atoms with van der Waals surface area (Å²) >= 11 is 0. The molecule has 2 aromatic heterocycles. The Kier molecular flexibility index (Phi) is 6.81. The van der Waals surface area contributed by atoms with Crippen molar-refractivity contribution in [2.75, 3.05) is 16.8 Å². The molecule has 1 fully saturated rings. The van der Waals surface area contributed by atoms with E-state index in [9.17, 15) is 14.4 Å². The number of aromatic amines is 1. The van der Waals surface area contributed by atoms with E-state index < -0.39 is 5.91 Å². The number of nitrogens with two attached hydrogens (primary N) is 1. The van der Waals surface area contributed by atoms with E-state index in [-0.39, 0.29) is 18.2 Å². The van der Waals surface area contributed by atoms with Gasteiger partial charge < -0.3 is 20.9 Å². The molecule has 0 atom stereocenters. The number of carbonyl (C=O) groups excluding carboxylic acids is 3. The number of rotatable bonds is 7. The van der Waals surface area contributed by atoms with Gasteiger partial charge in [0.2, 0.25) is 17.7 Å². The number of hydrogen-bond donors (Lipinski definition) is 3. The minimum atomic E-state index is -0.520. The maximum absolute atomic E-state index is 12.7. The number of pyridine rings is 1. The van der Waals surface area contributed by atoms with E-state index >= 15 is 0 Å². The Balaban J connectivity index is 1.27. The molecule has 4 aromatic rings. The first-order valence-corrected chi connectivity index (χ1v) is 12.2. The molecule has 1 aliphatic heterocycles. The van der Waals surface area contributed by atoms with Gasteiger partial charge in [0.1, 0.15) is 11.5 Å². The van der Waals surface area contributed by atoms with Gasteiger partial charge in [0.15, 0.2) is 0 Å². The summed E-state index contributed by atoms with van der Waals surface area (Å²) in [6, 6.07) is 20.3. The van der Waals surface area contributed by atoms with Crippen LogP contribution in [0.5, 0.6) is 0 Å². The summed E-state index contributed by atoms with van der Waals surface area (Å²) < 4.78 is 0. The van der Waals surface area contributed by atoms with Gasteiger partial charge in [-0.3, -0.25) is 14.4 Å². The van der Waals surface area contributed by atoms with Gasteiger partial charge in [0.25, 0.3) is 0 Å². The van der Waals surface area contributed by atoms with Crippen LogP contribution in [0.3, 0.4) is 0 Å². The van der Waals surface area contributed by atoms with Crippen LogP contribution in [0.15, 0.2) is 72.9 Å². The predicted octanol–water partition coefficient (Wildman–Crippen LogP) is 4.29. The highest BCUT2D eigenvalue weighted by Gasteiger charge is 2.19. The molecule has 0 saturated carbocycles. The predicted molar refractivity (Wildman–Crippen MR) is 145 cm³/mol. The third kappa shape index (κ3) is 5.43. The molecular weight excluding hydrogens is 466 g/mol. The summed E-state index contributed by atoms with van der Waals surface area (Å²) in [6.07, 6.45) is 6.20. The molecule has 4 N–H and O–H groups in total. The molecule has 0 spiro atoms. The summed E-state index contributed by atoms with van der Waals surface area (Å²) in [5.74, 6) is -0.149. The number of aromatic nitrogens is 2. The van der Waals surface area contributed by atoms with E-state index in [0.29, 0.717) is 23.5 Å². The van der Waals surface area contributed by atoms with E-state index in [4.69, 9.17) is 5.73 Å². The van der Waals surface area contributed by atoms with Crippen molar-refractivity contribution >= 4 is 51.9 Å². The largest absolute Gasteiger partial charge is 0.366 e. The molecule has 0 aliphatic carbocycles. The lowest BCUT2D eigenvalue weighted by Gasteiger charge is -2.26. The van der Waals surface area contributed by atoms with Crippen LogP contribution in [0.1, 0.15) is 36.0 Å². The number of anilines is 2. The fourth-order valence-corrected chi connectivity index (χ4v) is 4.53. The third-order valence-electron chi connectivity index (χ3n) is 6.42. The van der Waals surface area contributed by atoms with Crippen LogP contribution in [0.4, 0.5) is 11.5 Å². The van der Waals surface area contributed by atoms with Crippen LogP contribution in [0.25, 0.3) is 22.7 Å². The lowest BCUT2D eigenvalue weighted by molar-refractivity contribution is -0.119. The van der Waals surface area contributed by atoms with Gasteiger partial charge in [-0.05, 0) is 54.3 Å². The van der Waals surface area contributed by atoms with E-state index in [2.05, 4.69) is 15.3 Å². The SMILES string of the molecule is NC(=O)C(=Cc1c[nH]c2nc(NC(=O)Cc3ccc(N4CCCCC4=O)cc3)ccc12)c1ccccc1. The lowest BCUT2D eigenvalue weighted by atomic mass is 10.0. The van der Waals surface area contributed by atoms with Crippen molar-refractivity contribution in [1.82, 2.24) is 9.97 Å². The van der Waals surface area contributed by atoms with Crippen molar-refractivity contribution in [2.24, 2.45) is 5.73 Å². The Morgan fingerprint density at radius 3 is 2.54 bits per heavy atom. The van der Waals surface area contributed by atoms with Crippen molar-refractivity contribution in [3.8, 4) is 0 Å². The number of H-pyrrole nitrogens is 1. The number of nitrogens with one attached hydrogen (secondary N) is 2. The van der Waals surface area contributed by atoms with E-state index in [1.165, 1.54) is 0 Å². The lowest BCUT2D eigenvalue weighted by Crippen LogP contribution is -2.35. The number of carbonyl (C=O) groups is 3. The number of primary amides is 1. The molecule has 37 heavy (non-hydrogen) atoms. The van der Waals surface area contributed by atoms with E-state index in [1.54, 1.807) is 23.2 Å². The van der Waals surface area contributed by atoms with Crippen LogP contribution in [0.2, 0.25) is 0 Å². The molecule has 8 heteroatoms. The Hall–Kier alpha value is -4.72. The Labute approximate surface area is 214 Å². The highest BCUT2D eigenvalue weighted by molar-refractivity contribution is 6.24. The normalized spacial score (nSPS) is 14.1. The molecular formula is C29H27N5O3. The molecule has 186 valence electrons. The van der Waals surface area contributed by atoms with Gasteiger partial charge in [0, 0.05) is 41.4 Å². The highest BCUT2D eigenvalue weighted by Crippen LogP contribution is 2.25. The van der Waals surface area contributed by atoms with Gasteiger partial charge in [-0.1, -0.05) is 42.5 Å². The number of amides is 3. The Morgan fingerprint density at radius 1 is 1.03 bits per heavy atom. The standard InChI is InChI=1S/C29H27N5O3/c30-28(37)24(20-6-2-1-3-7-20)17-21-18-31-29-23(21)13-14-25(33-29)32-26(35)16-19-9-11-22(12-10-19)34-15-5-4-8-27(34)36/h1-3,6-7,9-14,17-18H,4-5,8,15-16H2,(H2,30,37)(H2,31,32,33,35). The molecule has 1 aliphatic rings. The van der Waals surface area contributed by atoms with E-state index in [0.717, 1.165) is 47.2 Å². The van der Waals surface area contributed by atoms with Crippen LogP contribution in [-0.2, 0) is 20.8 Å². The van der Waals surface area contributed by atoms with Crippen LogP contribution >= 0.6 is 0 Å². The first kappa shape index (κ1) is 24.0. The summed E-state index contributed by atoms with van der Waals surface area (Å²) in [5, 5.41) is 3.64. The second-order valence-corrected chi connectivity index (χ2v) is 9.02. The minimum absolute atomic E-state index is 0.145. The average molecular weight is 494 g/mol. The zero-order valence-corrected chi connectivity index (χ0v) is 20.2. The smallest absolute Gasteiger partial charge is 0.249 e. The van der Waals surface area contributed by atoms with Gasteiger partial charge >= 0.3 is 0 Å². The monoisotopic (exact) mass is 493 g/mol. The second-order valence-electron chi connectivity index (χ2n) is 9.02. The Bertz CT molecular complexity index is 1490. The number of piperidine rings is 1. The maximum Gasteiger partial charge on any atom is 0.249 e. The third-order valence-corrected chi connectivity index (χ3v) is 6.42. The van der Waals surface area contributed by atoms with E-state index in [1.807, 2.05) is 60.7 Å². The zero-order chi connectivity index (χ0) is 25.8. The van der Waals surface area contributed by atoms with Crippen molar-refractivity contribution in [1.29, 1.82) is 0 Å². The zero-order valence-electron chi connectivity index (χ0n) is 20.2. The van der Waals surface area contributed by atoms with Crippen molar-refractivity contribution < 1.29 is 14.4 Å². The number of nitrogens with zero attached hydrogens (tertiary/aromatic N) is 2. The number of fused-ring (bicyclic) bond motifs is 1. The first-order chi connectivity index (χ1) is 18.0. The van der Waals surface area contributed by atoms with Crippen LogP contribution in [-0.4, -0.2) is 34.2 Å². The van der Waals surface area contributed by atoms with Crippen molar-refractivity contribution in [3.63, 3.8) is 0 Å². The second kappa shape index (κ2) is 10.5. The molecule has 0 unspecified atom stereocenters. The topological polar surface area (TPSA) is 121 Å². The molecule has 0 radical (unpaired) electrons. The van der Waals surface area contributed by atoms with Crippen LogP contribution < -0.4 is 16.0 Å². The quantitative estimate of drug-likeness (QED) is 0.333. The Morgan fingerprint density at radius 2 is 1.81 bits per heavy atom. The molecule has 0 bridgehead atoms. The molecule has 3 amide bonds. The number of benzene rings is 2. The number of hydrogen-bond acceptors (Lipinski definition) is 4. The van der Waals surface area contributed by atoms with Gasteiger partial charge in [0.05, 0.1) is 6.42 Å². The minimum Gasteiger partial charge on any atom is -0.366 e. The summed E-state index contributed by atoms with van der Waals surface area (Å²) in [7, 11) is 0. The van der Waals surface area contributed by atoms with Gasteiger partial charge in [-0.2, -0.15) is 0 Å². The average Bonchev–Trinajstić information content (AvgIpc) is 3.30. The van der Waals surface area contributed by atoms with Gasteiger partial charge in [-0.25, -0.2) is 4.98 Å². The highest BCUT2D eigenvalue weighted by atomic mass is 16.2. The fraction of sp³-hybridized carbons (Fsp3) is 0.172. The molecule has 8 nitrogen and oxygen atoms in total.